The van der Waals surface area contributed by atoms with Gasteiger partial charge in [0.05, 0.1) is 10.6 Å². The van der Waals surface area contributed by atoms with Crippen LogP contribution in [0.4, 0.5) is 10.5 Å². The van der Waals surface area contributed by atoms with E-state index in [0.717, 1.165) is 11.3 Å². The van der Waals surface area contributed by atoms with Crippen LogP contribution in [0.3, 0.4) is 0 Å². The van der Waals surface area contributed by atoms with Crippen molar-refractivity contribution in [2.24, 2.45) is 0 Å². The molecule has 7 heteroatoms. The standard InChI is InChI=1S/C19H20N2O4S/c22-19-21(18-9-5-4-6-15(18)14-25-19)16-10-12-20(13-11-16)26(23,24)17-7-2-1-3-8-17/h1-9,16H,10-14H2. The van der Waals surface area contributed by atoms with Gasteiger partial charge in [-0.25, -0.2) is 13.2 Å². The summed E-state index contributed by atoms with van der Waals surface area (Å²) in [7, 11) is -3.49. The smallest absolute Gasteiger partial charge is 0.414 e. The lowest BCUT2D eigenvalue weighted by Crippen LogP contribution is -2.50. The van der Waals surface area contributed by atoms with Gasteiger partial charge in [0.25, 0.3) is 0 Å². The van der Waals surface area contributed by atoms with Crippen molar-refractivity contribution in [1.29, 1.82) is 0 Å². The number of cyclic esters (lactones) is 1. The molecule has 2 aliphatic heterocycles. The highest BCUT2D eigenvalue weighted by Gasteiger charge is 2.36. The Labute approximate surface area is 153 Å². The van der Waals surface area contributed by atoms with Crippen LogP contribution in [0.1, 0.15) is 18.4 Å². The Morgan fingerprint density at radius 1 is 0.923 bits per heavy atom. The molecule has 26 heavy (non-hydrogen) atoms. The first-order chi connectivity index (χ1) is 12.6. The van der Waals surface area contributed by atoms with E-state index in [1.807, 2.05) is 24.3 Å². The quantitative estimate of drug-likeness (QED) is 0.831. The number of benzene rings is 2. The predicted octanol–water partition coefficient (Wildman–Crippen LogP) is 3.00. The van der Waals surface area contributed by atoms with Gasteiger partial charge in [0, 0.05) is 24.7 Å². The molecule has 1 fully saturated rings. The van der Waals surface area contributed by atoms with E-state index in [0.29, 0.717) is 30.8 Å². The van der Waals surface area contributed by atoms with Crippen LogP contribution in [-0.2, 0) is 21.4 Å². The molecule has 0 N–H and O–H groups in total. The van der Waals surface area contributed by atoms with Gasteiger partial charge in [-0.05, 0) is 31.0 Å². The number of para-hydroxylation sites is 1. The average molecular weight is 372 g/mol. The number of amides is 1. The third-order valence-corrected chi connectivity index (χ3v) is 6.88. The third kappa shape index (κ3) is 2.97. The predicted molar refractivity (Wildman–Crippen MR) is 97.3 cm³/mol. The molecule has 2 aromatic rings. The van der Waals surface area contributed by atoms with E-state index in [2.05, 4.69) is 0 Å². The monoisotopic (exact) mass is 372 g/mol. The van der Waals surface area contributed by atoms with E-state index < -0.39 is 10.0 Å². The molecular weight excluding hydrogens is 352 g/mol. The van der Waals surface area contributed by atoms with Crippen molar-refractivity contribution in [3.8, 4) is 0 Å². The minimum absolute atomic E-state index is 0.0637. The number of sulfonamides is 1. The van der Waals surface area contributed by atoms with Crippen LogP contribution in [0.25, 0.3) is 0 Å². The van der Waals surface area contributed by atoms with Gasteiger partial charge in [-0.15, -0.1) is 0 Å². The van der Waals surface area contributed by atoms with Crippen molar-refractivity contribution in [2.45, 2.75) is 30.4 Å². The molecule has 1 amide bonds. The molecule has 0 spiro atoms. The molecule has 2 aromatic carbocycles. The fourth-order valence-electron chi connectivity index (χ4n) is 3.60. The van der Waals surface area contributed by atoms with Crippen LogP contribution in [0.2, 0.25) is 0 Å². The molecule has 0 unspecified atom stereocenters. The van der Waals surface area contributed by atoms with Gasteiger partial charge in [0.2, 0.25) is 10.0 Å². The van der Waals surface area contributed by atoms with Crippen LogP contribution in [0.15, 0.2) is 59.5 Å². The molecule has 1 saturated heterocycles. The normalized spacial score (nSPS) is 19.1. The van der Waals surface area contributed by atoms with E-state index in [1.165, 1.54) is 4.31 Å². The molecule has 2 aliphatic rings. The maximum absolute atomic E-state index is 12.8. The molecular formula is C19H20N2O4S. The van der Waals surface area contributed by atoms with Gasteiger partial charge in [0.15, 0.2) is 0 Å². The molecule has 6 nitrogen and oxygen atoms in total. The molecule has 4 rings (SSSR count). The highest BCUT2D eigenvalue weighted by molar-refractivity contribution is 7.89. The summed E-state index contributed by atoms with van der Waals surface area (Å²) < 4.78 is 32.3. The lowest BCUT2D eigenvalue weighted by molar-refractivity contribution is 0.136. The van der Waals surface area contributed by atoms with Gasteiger partial charge in [-0.2, -0.15) is 4.31 Å². The summed E-state index contributed by atoms with van der Waals surface area (Å²) in [4.78, 5) is 14.3. The van der Waals surface area contributed by atoms with Crippen molar-refractivity contribution in [2.75, 3.05) is 18.0 Å². The topological polar surface area (TPSA) is 66.9 Å². The van der Waals surface area contributed by atoms with Crippen LogP contribution in [0, 0.1) is 0 Å². The molecule has 136 valence electrons. The summed E-state index contributed by atoms with van der Waals surface area (Å²) in [5, 5.41) is 0. The van der Waals surface area contributed by atoms with Crippen LogP contribution >= 0.6 is 0 Å². The highest BCUT2D eigenvalue weighted by atomic mass is 32.2. The minimum atomic E-state index is -3.49. The van der Waals surface area contributed by atoms with E-state index in [9.17, 15) is 13.2 Å². The summed E-state index contributed by atoms with van der Waals surface area (Å²) in [5.41, 5.74) is 1.85. The van der Waals surface area contributed by atoms with Crippen LogP contribution in [-0.4, -0.2) is 37.9 Å². The van der Waals surface area contributed by atoms with E-state index in [4.69, 9.17) is 4.74 Å². The number of ether oxygens (including phenoxy) is 1. The SMILES string of the molecule is O=C1OCc2ccccc2N1C1CCN(S(=O)(=O)c2ccccc2)CC1. The maximum atomic E-state index is 12.8. The zero-order valence-electron chi connectivity index (χ0n) is 14.2. The number of carbonyl (C=O) groups is 1. The number of carbonyl (C=O) groups excluding carboxylic acids is 1. The molecule has 0 saturated carbocycles. The summed E-state index contributed by atoms with van der Waals surface area (Å²) in [6.45, 7) is 1.05. The number of fused-ring (bicyclic) bond motifs is 1. The Morgan fingerprint density at radius 3 is 2.31 bits per heavy atom. The average Bonchev–Trinajstić information content (AvgIpc) is 2.69. The van der Waals surface area contributed by atoms with Gasteiger partial charge < -0.3 is 4.74 Å². The largest absolute Gasteiger partial charge is 0.444 e. The fourth-order valence-corrected chi connectivity index (χ4v) is 5.09. The Hall–Kier alpha value is -2.38. The summed E-state index contributed by atoms with van der Waals surface area (Å²) >= 11 is 0. The zero-order valence-corrected chi connectivity index (χ0v) is 15.1. The van der Waals surface area contributed by atoms with Gasteiger partial charge in [0.1, 0.15) is 6.61 Å². The van der Waals surface area contributed by atoms with E-state index in [1.54, 1.807) is 35.2 Å². The first-order valence-corrected chi connectivity index (χ1v) is 10.1. The first kappa shape index (κ1) is 17.1. The Kier molecular flexibility index (Phi) is 4.42. The first-order valence-electron chi connectivity index (χ1n) is 8.66. The number of piperidine rings is 1. The summed E-state index contributed by atoms with van der Waals surface area (Å²) in [5.74, 6) is 0. The lowest BCUT2D eigenvalue weighted by atomic mass is 10.0. The summed E-state index contributed by atoms with van der Waals surface area (Å²) in [6.07, 6.45) is 0.804. The molecule has 0 radical (unpaired) electrons. The minimum Gasteiger partial charge on any atom is -0.444 e. The van der Waals surface area contributed by atoms with E-state index >= 15 is 0 Å². The van der Waals surface area contributed by atoms with Gasteiger partial charge in [-0.1, -0.05) is 36.4 Å². The van der Waals surface area contributed by atoms with E-state index in [-0.39, 0.29) is 18.7 Å². The number of nitrogens with zero attached hydrogens (tertiary/aromatic N) is 2. The third-order valence-electron chi connectivity index (χ3n) is 4.97. The molecule has 0 atom stereocenters. The highest BCUT2D eigenvalue weighted by Crippen LogP contribution is 2.32. The number of hydrogen-bond acceptors (Lipinski definition) is 4. The van der Waals surface area contributed by atoms with Gasteiger partial charge >= 0.3 is 6.09 Å². The second-order valence-electron chi connectivity index (χ2n) is 6.50. The number of rotatable bonds is 3. The zero-order chi connectivity index (χ0) is 18.1. The lowest BCUT2D eigenvalue weighted by Gasteiger charge is -2.39. The van der Waals surface area contributed by atoms with Crippen molar-refractivity contribution in [1.82, 2.24) is 4.31 Å². The van der Waals surface area contributed by atoms with Crippen LogP contribution < -0.4 is 4.90 Å². The van der Waals surface area contributed by atoms with Gasteiger partial charge in [-0.3, -0.25) is 4.90 Å². The molecule has 0 aromatic heterocycles. The van der Waals surface area contributed by atoms with Crippen molar-refractivity contribution < 1.29 is 17.9 Å². The second kappa shape index (κ2) is 6.74. The Balaban J connectivity index is 1.52. The van der Waals surface area contributed by atoms with Crippen molar-refractivity contribution in [3.05, 3.63) is 60.2 Å². The second-order valence-corrected chi connectivity index (χ2v) is 8.44. The Morgan fingerprint density at radius 2 is 1.58 bits per heavy atom. The number of anilines is 1. The maximum Gasteiger partial charge on any atom is 0.414 e. The van der Waals surface area contributed by atoms with Crippen molar-refractivity contribution >= 4 is 21.8 Å². The van der Waals surface area contributed by atoms with Crippen LogP contribution in [0.5, 0.6) is 0 Å². The molecule has 0 aliphatic carbocycles. The van der Waals surface area contributed by atoms with Crippen molar-refractivity contribution in [3.63, 3.8) is 0 Å². The number of hydrogen-bond donors (Lipinski definition) is 0. The summed E-state index contributed by atoms with van der Waals surface area (Å²) in [6, 6.07) is 16.1. The molecule has 2 heterocycles. The molecule has 0 bridgehead atoms. The fraction of sp³-hybridized carbons (Fsp3) is 0.316. The Bertz CT molecular complexity index is 906.